The molecule has 126 valence electrons. The number of nitrogens with one attached hydrogen (secondary N) is 1. The van der Waals surface area contributed by atoms with E-state index in [-0.39, 0.29) is 11.9 Å². The highest BCUT2D eigenvalue weighted by Gasteiger charge is 2.17. The first-order valence-corrected chi connectivity index (χ1v) is 8.31. The van der Waals surface area contributed by atoms with E-state index in [0.29, 0.717) is 13.1 Å². The number of aromatic nitrogens is 1. The molecule has 2 aromatic rings. The first-order valence-electron chi connectivity index (χ1n) is 8.31. The maximum Gasteiger partial charge on any atom is 0.123 e. The third kappa shape index (κ3) is 3.57. The van der Waals surface area contributed by atoms with Crippen LogP contribution in [-0.4, -0.2) is 41.6 Å². The molecular formula is C18H25FN2O2. The molecule has 1 aliphatic heterocycles. The maximum atomic E-state index is 13.5. The summed E-state index contributed by atoms with van der Waals surface area (Å²) in [5, 5.41) is 14.5. The minimum atomic E-state index is -0.491. The van der Waals surface area contributed by atoms with E-state index >= 15 is 0 Å². The van der Waals surface area contributed by atoms with Crippen LogP contribution in [0.2, 0.25) is 0 Å². The predicted octanol–water partition coefficient (Wildman–Crippen LogP) is 2.53. The van der Waals surface area contributed by atoms with E-state index in [4.69, 9.17) is 4.74 Å². The summed E-state index contributed by atoms with van der Waals surface area (Å²) in [4.78, 5) is 0. The lowest BCUT2D eigenvalue weighted by Gasteiger charge is -2.17. The Kier molecular flexibility index (Phi) is 4.99. The van der Waals surface area contributed by atoms with Gasteiger partial charge in [-0.1, -0.05) is 0 Å². The third-order valence-electron chi connectivity index (χ3n) is 4.77. The zero-order chi connectivity index (χ0) is 16.4. The normalized spacial score (nSPS) is 19.6. The Hall–Kier alpha value is -1.43. The second-order valence-corrected chi connectivity index (χ2v) is 6.43. The second kappa shape index (κ2) is 6.99. The minimum Gasteiger partial charge on any atom is -0.390 e. The zero-order valence-electron chi connectivity index (χ0n) is 13.8. The van der Waals surface area contributed by atoms with E-state index in [1.165, 1.54) is 6.07 Å². The number of hydrogen-bond acceptors (Lipinski definition) is 3. The van der Waals surface area contributed by atoms with Gasteiger partial charge in [0.1, 0.15) is 5.82 Å². The van der Waals surface area contributed by atoms with Gasteiger partial charge in [-0.3, -0.25) is 0 Å². The number of nitrogens with zero attached hydrogens (tertiary/aromatic N) is 1. The molecule has 5 heteroatoms. The molecule has 3 rings (SSSR count). The summed E-state index contributed by atoms with van der Waals surface area (Å²) in [5.41, 5.74) is 3.11. The van der Waals surface area contributed by atoms with Crippen molar-refractivity contribution in [3.05, 3.63) is 35.3 Å². The van der Waals surface area contributed by atoms with Gasteiger partial charge in [-0.15, -0.1) is 0 Å². The molecule has 1 fully saturated rings. The Bertz CT molecular complexity index is 677. The first-order chi connectivity index (χ1) is 11.1. The minimum absolute atomic E-state index is 0.225. The molecule has 2 heterocycles. The van der Waals surface area contributed by atoms with Crippen LogP contribution >= 0.6 is 0 Å². The molecule has 23 heavy (non-hydrogen) atoms. The molecule has 1 saturated heterocycles. The summed E-state index contributed by atoms with van der Waals surface area (Å²) in [7, 11) is 0. The Morgan fingerprint density at radius 3 is 3.00 bits per heavy atom. The van der Waals surface area contributed by atoms with Crippen LogP contribution in [0.5, 0.6) is 0 Å². The average Bonchev–Trinajstić information content (AvgIpc) is 3.11. The van der Waals surface area contributed by atoms with Gasteiger partial charge in [0.15, 0.2) is 0 Å². The Morgan fingerprint density at radius 2 is 2.26 bits per heavy atom. The van der Waals surface area contributed by atoms with Gasteiger partial charge in [0.2, 0.25) is 0 Å². The molecule has 0 amide bonds. The molecule has 0 bridgehead atoms. The van der Waals surface area contributed by atoms with E-state index in [1.807, 2.05) is 13.8 Å². The lowest BCUT2D eigenvalue weighted by atomic mass is 10.1. The Balaban J connectivity index is 1.64. The van der Waals surface area contributed by atoms with Crippen molar-refractivity contribution in [1.82, 2.24) is 9.88 Å². The van der Waals surface area contributed by atoms with Crippen LogP contribution in [0.25, 0.3) is 10.9 Å². The summed E-state index contributed by atoms with van der Waals surface area (Å²) < 4.78 is 21.1. The van der Waals surface area contributed by atoms with Crippen LogP contribution in [0.3, 0.4) is 0 Å². The van der Waals surface area contributed by atoms with Gasteiger partial charge in [-0.05, 0) is 50.5 Å². The topological polar surface area (TPSA) is 46.4 Å². The molecule has 0 unspecified atom stereocenters. The van der Waals surface area contributed by atoms with Gasteiger partial charge in [0.25, 0.3) is 0 Å². The quantitative estimate of drug-likeness (QED) is 0.860. The highest BCUT2D eigenvalue weighted by Crippen LogP contribution is 2.26. The van der Waals surface area contributed by atoms with Gasteiger partial charge in [0, 0.05) is 36.3 Å². The van der Waals surface area contributed by atoms with Gasteiger partial charge in [0.05, 0.1) is 18.8 Å². The number of rotatable bonds is 6. The fourth-order valence-electron chi connectivity index (χ4n) is 3.35. The summed E-state index contributed by atoms with van der Waals surface area (Å²) in [5.74, 6) is -0.225. The molecule has 1 aromatic carbocycles. The van der Waals surface area contributed by atoms with E-state index in [9.17, 15) is 9.50 Å². The van der Waals surface area contributed by atoms with Crippen molar-refractivity contribution < 1.29 is 14.2 Å². The van der Waals surface area contributed by atoms with Crippen molar-refractivity contribution >= 4 is 10.9 Å². The van der Waals surface area contributed by atoms with Crippen molar-refractivity contribution in [2.24, 2.45) is 0 Å². The number of fused-ring (bicyclic) bond motifs is 1. The molecule has 1 aromatic heterocycles. The van der Waals surface area contributed by atoms with Crippen molar-refractivity contribution in [3.8, 4) is 0 Å². The lowest BCUT2D eigenvalue weighted by molar-refractivity contribution is 0.101. The Labute approximate surface area is 136 Å². The highest BCUT2D eigenvalue weighted by molar-refractivity contribution is 5.85. The van der Waals surface area contributed by atoms with E-state index in [0.717, 1.165) is 48.2 Å². The number of aliphatic hydroxyl groups excluding tert-OH is 1. The van der Waals surface area contributed by atoms with Crippen LogP contribution < -0.4 is 5.32 Å². The summed E-state index contributed by atoms with van der Waals surface area (Å²) in [6.07, 6.45) is 2.01. The molecule has 0 spiro atoms. The predicted molar refractivity (Wildman–Crippen MR) is 89.2 cm³/mol. The Morgan fingerprint density at radius 1 is 1.43 bits per heavy atom. The maximum absolute atomic E-state index is 13.5. The summed E-state index contributed by atoms with van der Waals surface area (Å²) >= 11 is 0. The molecule has 2 atom stereocenters. The van der Waals surface area contributed by atoms with Crippen LogP contribution in [0.15, 0.2) is 18.2 Å². The zero-order valence-corrected chi connectivity index (χ0v) is 13.8. The van der Waals surface area contributed by atoms with Gasteiger partial charge < -0.3 is 19.7 Å². The third-order valence-corrected chi connectivity index (χ3v) is 4.77. The van der Waals surface area contributed by atoms with Crippen molar-refractivity contribution in [1.29, 1.82) is 0 Å². The molecule has 2 N–H and O–H groups in total. The number of benzene rings is 1. The standard InChI is InChI=1S/C18H25FN2O2/c1-12-13(2)21(18-6-5-14(19)8-17(12)18)11-15(22)9-20-10-16-4-3-7-23-16/h5-6,8,15-16,20,22H,3-4,7,9-11H2,1-2H3/t15-,16-/m1/s1. The first kappa shape index (κ1) is 16.4. The average molecular weight is 320 g/mol. The molecular weight excluding hydrogens is 295 g/mol. The number of hydrogen-bond donors (Lipinski definition) is 2. The molecule has 4 nitrogen and oxygen atoms in total. The van der Waals surface area contributed by atoms with E-state index < -0.39 is 6.10 Å². The number of aryl methyl sites for hydroxylation is 1. The fraction of sp³-hybridized carbons (Fsp3) is 0.556. The summed E-state index contributed by atoms with van der Waals surface area (Å²) in [6.45, 7) is 6.67. The number of aliphatic hydroxyl groups is 1. The van der Waals surface area contributed by atoms with Gasteiger partial charge >= 0.3 is 0 Å². The van der Waals surface area contributed by atoms with Crippen LogP contribution in [0, 0.1) is 19.7 Å². The fourth-order valence-corrected chi connectivity index (χ4v) is 3.35. The van der Waals surface area contributed by atoms with E-state index in [2.05, 4.69) is 9.88 Å². The lowest BCUT2D eigenvalue weighted by Crippen LogP contribution is -2.35. The molecule has 1 aliphatic rings. The van der Waals surface area contributed by atoms with Crippen molar-refractivity contribution in [3.63, 3.8) is 0 Å². The molecule has 0 aliphatic carbocycles. The van der Waals surface area contributed by atoms with Crippen LogP contribution in [0.1, 0.15) is 24.1 Å². The van der Waals surface area contributed by atoms with Crippen LogP contribution in [-0.2, 0) is 11.3 Å². The van der Waals surface area contributed by atoms with Gasteiger partial charge in [-0.25, -0.2) is 4.39 Å². The molecule has 0 radical (unpaired) electrons. The molecule has 0 saturated carbocycles. The van der Waals surface area contributed by atoms with E-state index in [1.54, 1.807) is 12.1 Å². The van der Waals surface area contributed by atoms with Crippen LogP contribution in [0.4, 0.5) is 4.39 Å². The summed E-state index contributed by atoms with van der Waals surface area (Å²) in [6, 6.07) is 4.83. The highest BCUT2D eigenvalue weighted by atomic mass is 19.1. The number of ether oxygens (including phenoxy) is 1. The van der Waals surface area contributed by atoms with Crippen molar-refractivity contribution in [2.45, 2.75) is 45.4 Å². The van der Waals surface area contributed by atoms with Crippen molar-refractivity contribution in [2.75, 3.05) is 19.7 Å². The number of halogens is 1. The SMILES string of the molecule is Cc1c(C)n(C[C@H](O)CNC[C@H]2CCCO2)c2ccc(F)cc12. The second-order valence-electron chi connectivity index (χ2n) is 6.43. The van der Waals surface area contributed by atoms with Gasteiger partial charge in [-0.2, -0.15) is 0 Å². The smallest absolute Gasteiger partial charge is 0.123 e. The monoisotopic (exact) mass is 320 g/mol. The largest absolute Gasteiger partial charge is 0.390 e.